The van der Waals surface area contributed by atoms with Crippen molar-refractivity contribution in [3.8, 4) is 0 Å². The minimum absolute atomic E-state index is 0.126. The number of aliphatic hydroxyl groups is 1. The first-order valence-electron chi connectivity index (χ1n) is 6.91. The van der Waals surface area contributed by atoms with E-state index in [4.69, 9.17) is 5.11 Å². The van der Waals surface area contributed by atoms with Crippen LogP contribution in [-0.2, 0) is 9.53 Å². The lowest BCUT2D eigenvalue weighted by molar-refractivity contribution is -0.445. The van der Waals surface area contributed by atoms with Crippen LogP contribution in [0.1, 0.15) is 13.8 Å². The first kappa shape index (κ1) is 27.3. The summed E-state index contributed by atoms with van der Waals surface area (Å²) in [7, 11) is 0. The van der Waals surface area contributed by atoms with Crippen LogP contribution in [0, 0.1) is 0 Å². The van der Waals surface area contributed by atoms with E-state index >= 15 is 0 Å². The Balaban J connectivity index is 6.53. The van der Waals surface area contributed by atoms with E-state index in [0.29, 0.717) is 6.92 Å². The molecular weight excluding hydrogens is 451 g/mol. The minimum Gasteiger partial charge on any atom is -0.450 e. The third kappa shape index (κ3) is 4.12. The Morgan fingerprint density at radius 3 is 1.41 bits per heavy atom. The molecule has 0 aromatic rings. The van der Waals surface area contributed by atoms with Crippen molar-refractivity contribution in [2.24, 2.45) is 0 Å². The number of hydrogen-bond donors (Lipinski definition) is 1. The van der Waals surface area contributed by atoms with Gasteiger partial charge in [0.05, 0.1) is 6.10 Å². The molecule has 0 bridgehead atoms. The Morgan fingerprint density at radius 2 is 1.14 bits per heavy atom. The van der Waals surface area contributed by atoms with Gasteiger partial charge in [-0.1, -0.05) is 6.58 Å². The van der Waals surface area contributed by atoms with Gasteiger partial charge in [-0.15, -0.1) is 0 Å². The molecule has 0 rings (SSSR count). The van der Waals surface area contributed by atoms with Gasteiger partial charge in [0.25, 0.3) is 0 Å². The standard InChI is InChI=1S/C13H11F13O3/c1-4(2)7(28)29-6(5(3)27)8(14,15)9(16,17)10(18,19)11(20,21)12(22,23)13(24,25)26/h5-6,27H,1H2,2-3H3. The van der Waals surface area contributed by atoms with Gasteiger partial charge in [0, 0.05) is 5.57 Å². The van der Waals surface area contributed by atoms with Gasteiger partial charge in [0.1, 0.15) is 0 Å². The lowest BCUT2D eigenvalue weighted by atomic mass is 9.90. The first-order valence-corrected chi connectivity index (χ1v) is 6.91. The predicted octanol–water partition coefficient (Wildman–Crippen LogP) is 4.59. The van der Waals surface area contributed by atoms with Crippen LogP contribution in [0.15, 0.2) is 12.2 Å². The number of carbonyl (C=O) groups excluding carboxylic acids is 1. The van der Waals surface area contributed by atoms with E-state index in [0.717, 1.165) is 0 Å². The molecular formula is C13H11F13O3. The molecule has 0 spiro atoms. The highest BCUT2D eigenvalue weighted by Crippen LogP contribution is 2.61. The molecule has 2 unspecified atom stereocenters. The van der Waals surface area contributed by atoms with Crippen LogP contribution in [-0.4, -0.2) is 59.1 Å². The fraction of sp³-hybridized carbons (Fsp3) is 0.769. The van der Waals surface area contributed by atoms with E-state index in [-0.39, 0.29) is 6.92 Å². The zero-order chi connectivity index (χ0) is 24.0. The number of ether oxygens (including phenoxy) is 1. The van der Waals surface area contributed by atoms with Crippen LogP contribution in [0.2, 0.25) is 0 Å². The lowest BCUT2D eigenvalue weighted by Gasteiger charge is -2.41. The molecule has 16 heteroatoms. The Bertz CT molecular complexity index is 636. The SMILES string of the molecule is C=C(C)C(=O)OC(C(C)O)C(F)(F)C(F)(F)C(F)(F)C(F)(F)C(F)(F)C(F)(F)F. The Morgan fingerprint density at radius 1 is 0.793 bits per heavy atom. The summed E-state index contributed by atoms with van der Waals surface area (Å²) < 4.78 is 173. The summed E-state index contributed by atoms with van der Waals surface area (Å²) in [6.45, 7) is 3.62. The first-order chi connectivity index (χ1) is 12.4. The topological polar surface area (TPSA) is 46.5 Å². The van der Waals surface area contributed by atoms with Crippen LogP contribution in [0.25, 0.3) is 0 Å². The summed E-state index contributed by atoms with van der Waals surface area (Å²) in [5.74, 6) is -40.5. The normalized spacial score (nSPS) is 17.0. The van der Waals surface area contributed by atoms with Gasteiger partial charge in [0.15, 0.2) is 6.10 Å². The zero-order valence-corrected chi connectivity index (χ0v) is 14.0. The van der Waals surface area contributed by atoms with Crippen molar-refractivity contribution in [1.82, 2.24) is 0 Å². The van der Waals surface area contributed by atoms with Gasteiger partial charge >= 0.3 is 41.8 Å². The second-order valence-electron chi connectivity index (χ2n) is 5.77. The van der Waals surface area contributed by atoms with Gasteiger partial charge in [-0.25, -0.2) is 4.79 Å². The van der Waals surface area contributed by atoms with E-state index in [9.17, 15) is 61.9 Å². The summed E-state index contributed by atoms with van der Waals surface area (Å²) in [5, 5.41) is 9.02. The van der Waals surface area contributed by atoms with Crippen LogP contribution in [0.4, 0.5) is 57.1 Å². The molecule has 0 radical (unpaired) electrons. The minimum atomic E-state index is -8.09. The van der Waals surface area contributed by atoms with Gasteiger partial charge < -0.3 is 9.84 Å². The number of carbonyl (C=O) groups is 1. The molecule has 1 N–H and O–H groups in total. The van der Waals surface area contributed by atoms with E-state index in [1.807, 2.05) is 0 Å². The molecule has 0 amide bonds. The molecule has 2 atom stereocenters. The molecule has 0 aliphatic carbocycles. The summed E-state index contributed by atoms with van der Waals surface area (Å²) in [6.07, 6.45) is -14.6. The average molecular weight is 462 g/mol. The van der Waals surface area contributed by atoms with E-state index < -0.39 is 59.5 Å². The van der Waals surface area contributed by atoms with E-state index in [1.165, 1.54) is 0 Å². The molecule has 0 heterocycles. The predicted molar refractivity (Wildman–Crippen MR) is 67.2 cm³/mol. The van der Waals surface area contributed by atoms with E-state index in [2.05, 4.69) is 11.3 Å². The molecule has 3 nitrogen and oxygen atoms in total. The maximum Gasteiger partial charge on any atom is 0.460 e. The summed E-state index contributed by atoms with van der Waals surface area (Å²) in [5.41, 5.74) is -0.838. The van der Waals surface area contributed by atoms with Crippen LogP contribution in [0.3, 0.4) is 0 Å². The van der Waals surface area contributed by atoms with Crippen LogP contribution < -0.4 is 0 Å². The maximum absolute atomic E-state index is 13.9. The highest BCUT2D eigenvalue weighted by Gasteiger charge is 2.91. The third-order valence-corrected chi connectivity index (χ3v) is 3.34. The quantitative estimate of drug-likeness (QED) is 0.326. The smallest absolute Gasteiger partial charge is 0.450 e. The molecule has 0 saturated heterocycles. The Kier molecular flexibility index (Phi) is 7.05. The van der Waals surface area contributed by atoms with Gasteiger partial charge in [0.2, 0.25) is 0 Å². The fourth-order valence-corrected chi connectivity index (χ4v) is 1.65. The second-order valence-corrected chi connectivity index (χ2v) is 5.77. The Labute approximate surface area is 153 Å². The van der Waals surface area contributed by atoms with Crippen molar-refractivity contribution in [3.63, 3.8) is 0 Å². The van der Waals surface area contributed by atoms with E-state index in [1.54, 1.807) is 0 Å². The molecule has 29 heavy (non-hydrogen) atoms. The number of rotatable bonds is 8. The van der Waals surface area contributed by atoms with Gasteiger partial charge in [-0.05, 0) is 13.8 Å². The molecule has 172 valence electrons. The molecule has 0 aliphatic rings. The fourth-order valence-electron chi connectivity index (χ4n) is 1.65. The van der Waals surface area contributed by atoms with Crippen molar-refractivity contribution in [1.29, 1.82) is 0 Å². The van der Waals surface area contributed by atoms with Crippen LogP contribution in [0.5, 0.6) is 0 Å². The van der Waals surface area contributed by atoms with Gasteiger partial charge in [-0.2, -0.15) is 57.1 Å². The molecule has 0 fully saturated rings. The summed E-state index contributed by atoms with van der Waals surface area (Å²) in [6, 6.07) is 0. The molecule has 0 aromatic carbocycles. The van der Waals surface area contributed by atoms with Crippen LogP contribution >= 0.6 is 0 Å². The summed E-state index contributed by atoms with van der Waals surface area (Å²) >= 11 is 0. The number of hydrogen-bond acceptors (Lipinski definition) is 3. The number of halogens is 13. The van der Waals surface area contributed by atoms with Crippen molar-refractivity contribution < 1.29 is 71.7 Å². The highest BCUT2D eigenvalue weighted by atomic mass is 19.4. The summed E-state index contributed by atoms with van der Waals surface area (Å²) in [4.78, 5) is 11.2. The lowest BCUT2D eigenvalue weighted by Crippen LogP contribution is -2.72. The highest BCUT2D eigenvalue weighted by molar-refractivity contribution is 5.87. The second kappa shape index (κ2) is 7.50. The van der Waals surface area contributed by atoms with Crippen molar-refractivity contribution in [3.05, 3.63) is 12.2 Å². The molecule has 0 saturated carbocycles. The maximum atomic E-state index is 13.9. The zero-order valence-electron chi connectivity index (χ0n) is 14.0. The number of aliphatic hydroxyl groups excluding tert-OH is 1. The largest absolute Gasteiger partial charge is 0.460 e. The average Bonchev–Trinajstić information content (AvgIpc) is 2.49. The molecule has 0 aromatic heterocycles. The monoisotopic (exact) mass is 462 g/mol. The van der Waals surface area contributed by atoms with Crippen molar-refractivity contribution in [2.45, 2.75) is 61.8 Å². The van der Waals surface area contributed by atoms with Crippen molar-refractivity contribution in [2.75, 3.05) is 0 Å². The van der Waals surface area contributed by atoms with Crippen molar-refractivity contribution >= 4 is 5.97 Å². The van der Waals surface area contributed by atoms with Gasteiger partial charge in [-0.3, -0.25) is 0 Å². The Hall–Kier alpha value is -1.74. The number of alkyl halides is 13. The molecule has 0 aliphatic heterocycles. The third-order valence-electron chi connectivity index (χ3n) is 3.34. The number of esters is 1.